The van der Waals surface area contributed by atoms with Gasteiger partial charge in [0.05, 0.1) is 5.41 Å². The highest BCUT2D eigenvalue weighted by atomic mass is 16.5. The van der Waals surface area contributed by atoms with Gasteiger partial charge in [0.2, 0.25) is 0 Å². The van der Waals surface area contributed by atoms with Crippen molar-refractivity contribution in [3.63, 3.8) is 0 Å². The molecular formula is C13H19NO2. The number of anilines is 1. The maximum atomic E-state index is 12.0. The summed E-state index contributed by atoms with van der Waals surface area (Å²) in [6, 6.07) is 7.40. The van der Waals surface area contributed by atoms with Crippen LogP contribution in [0.15, 0.2) is 24.3 Å². The highest BCUT2D eigenvalue weighted by Crippen LogP contribution is 2.25. The molecule has 0 aliphatic rings. The van der Waals surface area contributed by atoms with Crippen molar-refractivity contribution in [2.24, 2.45) is 0 Å². The molecular weight excluding hydrogens is 202 g/mol. The van der Waals surface area contributed by atoms with Crippen molar-refractivity contribution in [2.45, 2.75) is 26.2 Å². The number of Topliss-reactive ketones (excluding diaryl/α,β-unsaturated/α-hetero) is 1. The third-order valence-corrected chi connectivity index (χ3v) is 2.77. The largest absolute Gasteiger partial charge is 0.399 e. The van der Waals surface area contributed by atoms with E-state index in [4.69, 9.17) is 10.5 Å². The molecule has 0 amide bonds. The van der Waals surface area contributed by atoms with Crippen molar-refractivity contribution in [1.29, 1.82) is 0 Å². The van der Waals surface area contributed by atoms with Crippen LogP contribution in [0.5, 0.6) is 0 Å². The van der Waals surface area contributed by atoms with Gasteiger partial charge in [0.25, 0.3) is 0 Å². The number of ether oxygens (including phenoxy) is 1. The van der Waals surface area contributed by atoms with Gasteiger partial charge >= 0.3 is 0 Å². The van der Waals surface area contributed by atoms with E-state index in [1.54, 1.807) is 0 Å². The van der Waals surface area contributed by atoms with E-state index in [-0.39, 0.29) is 12.4 Å². The summed E-state index contributed by atoms with van der Waals surface area (Å²) in [7, 11) is 0. The van der Waals surface area contributed by atoms with Crippen LogP contribution in [0.3, 0.4) is 0 Å². The van der Waals surface area contributed by atoms with Crippen LogP contribution in [0.1, 0.15) is 26.3 Å². The average molecular weight is 221 g/mol. The molecule has 1 rings (SSSR count). The van der Waals surface area contributed by atoms with Gasteiger partial charge in [-0.25, -0.2) is 0 Å². The second-order valence-electron chi connectivity index (χ2n) is 4.31. The number of hydrogen-bond donors (Lipinski definition) is 1. The fourth-order valence-electron chi connectivity index (χ4n) is 1.44. The van der Waals surface area contributed by atoms with Gasteiger partial charge in [-0.05, 0) is 38.5 Å². The van der Waals surface area contributed by atoms with Gasteiger partial charge < -0.3 is 10.5 Å². The van der Waals surface area contributed by atoms with Crippen molar-refractivity contribution in [2.75, 3.05) is 18.9 Å². The van der Waals surface area contributed by atoms with E-state index >= 15 is 0 Å². The maximum absolute atomic E-state index is 12.0. The summed E-state index contributed by atoms with van der Waals surface area (Å²) >= 11 is 0. The van der Waals surface area contributed by atoms with Crippen LogP contribution in [0.25, 0.3) is 0 Å². The molecule has 0 aliphatic carbocycles. The first-order chi connectivity index (χ1) is 7.48. The third-order valence-electron chi connectivity index (χ3n) is 2.77. The average Bonchev–Trinajstić information content (AvgIpc) is 2.26. The Morgan fingerprint density at radius 1 is 1.31 bits per heavy atom. The van der Waals surface area contributed by atoms with Crippen molar-refractivity contribution in [1.82, 2.24) is 0 Å². The molecule has 0 unspecified atom stereocenters. The number of carbonyl (C=O) groups is 1. The van der Waals surface area contributed by atoms with Gasteiger partial charge in [0.1, 0.15) is 6.61 Å². The number of ketones is 1. The lowest BCUT2D eigenvalue weighted by atomic mass is 9.81. The fraction of sp³-hybridized carbons (Fsp3) is 0.462. The van der Waals surface area contributed by atoms with E-state index in [9.17, 15) is 4.79 Å². The quantitative estimate of drug-likeness (QED) is 0.775. The molecule has 0 spiro atoms. The van der Waals surface area contributed by atoms with Gasteiger partial charge in [-0.3, -0.25) is 4.79 Å². The van der Waals surface area contributed by atoms with Crippen molar-refractivity contribution >= 4 is 11.5 Å². The van der Waals surface area contributed by atoms with Crippen LogP contribution in [-0.4, -0.2) is 19.0 Å². The highest BCUT2D eigenvalue weighted by Gasteiger charge is 2.29. The lowest BCUT2D eigenvalue weighted by Gasteiger charge is -2.23. The molecule has 0 aromatic heterocycles. The molecule has 0 atom stereocenters. The lowest BCUT2D eigenvalue weighted by molar-refractivity contribution is -0.128. The first-order valence-corrected chi connectivity index (χ1v) is 5.45. The van der Waals surface area contributed by atoms with Gasteiger partial charge in [-0.1, -0.05) is 12.1 Å². The Hall–Kier alpha value is -1.35. The van der Waals surface area contributed by atoms with Crippen LogP contribution in [0.4, 0.5) is 5.69 Å². The molecule has 0 aliphatic heterocycles. The van der Waals surface area contributed by atoms with Crippen LogP contribution in [0.2, 0.25) is 0 Å². The zero-order valence-electron chi connectivity index (χ0n) is 10.1. The number of benzene rings is 1. The Balaban J connectivity index is 2.83. The summed E-state index contributed by atoms with van der Waals surface area (Å²) in [6.45, 7) is 6.40. The molecule has 0 bridgehead atoms. The van der Waals surface area contributed by atoms with E-state index in [1.807, 2.05) is 45.0 Å². The molecule has 0 radical (unpaired) electrons. The Morgan fingerprint density at radius 3 is 2.38 bits per heavy atom. The maximum Gasteiger partial charge on any atom is 0.168 e. The Kier molecular flexibility index (Phi) is 4.07. The predicted octanol–water partition coefficient (Wildman–Crippen LogP) is 2.15. The minimum atomic E-state index is -0.525. The molecule has 0 saturated heterocycles. The smallest absolute Gasteiger partial charge is 0.168 e. The Bertz CT molecular complexity index is 355. The number of nitrogen functional groups attached to an aromatic ring is 1. The molecule has 1 aromatic rings. The second-order valence-corrected chi connectivity index (χ2v) is 4.31. The summed E-state index contributed by atoms with van der Waals surface area (Å²) in [5, 5.41) is 0. The highest BCUT2D eigenvalue weighted by molar-refractivity contribution is 5.90. The van der Waals surface area contributed by atoms with E-state index in [0.29, 0.717) is 12.3 Å². The first-order valence-electron chi connectivity index (χ1n) is 5.45. The molecule has 88 valence electrons. The summed E-state index contributed by atoms with van der Waals surface area (Å²) in [5.74, 6) is 0.0825. The summed E-state index contributed by atoms with van der Waals surface area (Å²) in [5.41, 5.74) is 6.76. The van der Waals surface area contributed by atoms with Gasteiger partial charge in [0.15, 0.2) is 5.78 Å². The van der Waals surface area contributed by atoms with Crippen LogP contribution in [-0.2, 0) is 14.9 Å². The molecule has 16 heavy (non-hydrogen) atoms. The number of rotatable bonds is 5. The number of hydrogen-bond acceptors (Lipinski definition) is 3. The molecule has 0 fully saturated rings. The monoisotopic (exact) mass is 221 g/mol. The van der Waals surface area contributed by atoms with E-state index in [0.717, 1.165) is 5.56 Å². The predicted molar refractivity (Wildman–Crippen MR) is 65.4 cm³/mol. The molecule has 3 nitrogen and oxygen atoms in total. The van der Waals surface area contributed by atoms with Gasteiger partial charge in [-0.15, -0.1) is 0 Å². The van der Waals surface area contributed by atoms with E-state index in [1.165, 1.54) is 0 Å². The standard InChI is InChI=1S/C13H19NO2/c1-4-16-9-12(15)13(2,3)10-5-7-11(14)8-6-10/h5-8H,4,9,14H2,1-3H3. The molecule has 0 heterocycles. The fourth-order valence-corrected chi connectivity index (χ4v) is 1.44. The molecule has 1 aromatic carbocycles. The van der Waals surface area contributed by atoms with Crippen LogP contribution in [0, 0.1) is 0 Å². The number of nitrogens with two attached hydrogens (primary N) is 1. The van der Waals surface area contributed by atoms with Crippen molar-refractivity contribution in [3.05, 3.63) is 29.8 Å². The zero-order chi connectivity index (χ0) is 12.2. The second kappa shape index (κ2) is 5.12. The zero-order valence-corrected chi connectivity index (χ0v) is 10.1. The van der Waals surface area contributed by atoms with Crippen molar-refractivity contribution in [3.8, 4) is 0 Å². The Labute approximate surface area is 96.6 Å². The Morgan fingerprint density at radius 2 is 1.88 bits per heavy atom. The first kappa shape index (κ1) is 12.7. The summed E-state index contributed by atoms with van der Waals surface area (Å²) in [6.07, 6.45) is 0. The third kappa shape index (κ3) is 2.83. The molecule has 0 saturated carbocycles. The molecule has 3 heteroatoms. The SMILES string of the molecule is CCOCC(=O)C(C)(C)c1ccc(N)cc1. The number of carbonyl (C=O) groups excluding carboxylic acids is 1. The van der Waals surface area contributed by atoms with E-state index in [2.05, 4.69) is 0 Å². The van der Waals surface area contributed by atoms with Crippen LogP contribution >= 0.6 is 0 Å². The minimum absolute atomic E-state index is 0.0825. The van der Waals surface area contributed by atoms with Gasteiger partial charge in [-0.2, -0.15) is 0 Å². The topological polar surface area (TPSA) is 52.3 Å². The normalized spacial score (nSPS) is 11.4. The van der Waals surface area contributed by atoms with E-state index < -0.39 is 5.41 Å². The minimum Gasteiger partial charge on any atom is -0.399 e. The van der Waals surface area contributed by atoms with Crippen molar-refractivity contribution < 1.29 is 9.53 Å². The summed E-state index contributed by atoms with van der Waals surface area (Å²) in [4.78, 5) is 12.0. The molecule has 2 N–H and O–H groups in total. The summed E-state index contributed by atoms with van der Waals surface area (Å²) < 4.78 is 5.15. The van der Waals surface area contributed by atoms with Gasteiger partial charge in [0, 0.05) is 12.3 Å². The lowest BCUT2D eigenvalue weighted by Crippen LogP contribution is -2.32. The van der Waals surface area contributed by atoms with Crippen LogP contribution < -0.4 is 5.73 Å².